The third kappa shape index (κ3) is 5.92. The molecule has 4 N–H and O–H groups in total. The number of nitrogens with one attached hydrogen (secondary N) is 2. The number of hydrogen-bond acceptors (Lipinski definition) is 5. The Bertz CT molecular complexity index is 544. The number of nitrogens with two attached hydrogens (primary N) is 1. The van der Waals surface area contributed by atoms with E-state index in [0.29, 0.717) is 44.2 Å². The zero-order valence-corrected chi connectivity index (χ0v) is 13.8. The fourth-order valence-electron chi connectivity index (χ4n) is 2.44. The quantitative estimate of drug-likeness (QED) is 0.655. The van der Waals surface area contributed by atoms with Crippen molar-refractivity contribution in [3.8, 4) is 0 Å². The SMILES string of the molecule is NCCNC(=O)c1ccccc1NC(=O)CCOC1CCOCC1. The molecule has 1 aromatic carbocycles. The number of rotatable bonds is 8. The standard InChI is InChI=1S/C17H25N3O4/c18-8-9-19-17(22)14-3-1-2-4-15(14)20-16(21)7-12-24-13-5-10-23-11-6-13/h1-4,13H,5-12,18H2,(H,19,22)(H,20,21). The molecule has 1 aliphatic rings. The van der Waals surface area contributed by atoms with Crippen LogP contribution in [0.15, 0.2) is 24.3 Å². The van der Waals surface area contributed by atoms with Gasteiger partial charge in [-0.1, -0.05) is 12.1 Å². The Labute approximate surface area is 141 Å². The van der Waals surface area contributed by atoms with Crippen molar-refractivity contribution in [3.05, 3.63) is 29.8 Å². The highest BCUT2D eigenvalue weighted by Gasteiger charge is 2.15. The average Bonchev–Trinajstić information content (AvgIpc) is 2.61. The van der Waals surface area contributed by atoms with E-state index in [0.717, 1.165) is 12.8 Å². The number of benzene rings is 1. The van der Waals surface area contributed by atoms with Crippen molar-refractivity contribution in [1.82, 2.24) is 5.32 Å². The minimum atomic E-state index is -0.255. The maximum absolute atomic E-state index is 12.1. The molecule has 24 heavy (non-hydrogen) atoms. The molecule has 0 spiro atoms. The zero-order valence-electron chi connectivity index (χ0n) is 13.8. The molecule has 1 fully saturated rings. The molecule has 0 bridgehead atoms. The first-order chi connectivity index (χ1) is 11.7. The average molecular weight is 335 g/mol. The van der Waals surface area contributed by atoms with Gasteiger partial charge in [0.1, 0.15) is 0 Å². The number of anilines is 1. The van der Waals surface area contributed by atoms with Crippen molar-refractivity contribution in [3.63, 3.8) is 0 Å². The van der Waals surface area contributed by atoms with Gasteiger partial charge in [0.25, 0.3) is 5.91 Å². The largest absolute Gasteiger partial charge is 0.381 e. The van der Waals surface area contributed by atoms with Crippen LogP contribution < -0.4 is 16.4 Å². The van der Waals surface area contributed by atoms with Gasteiger partial charge in [0, 0.05) is 26.3 Å². The maximum Gasteiger partial charge on any atom is 0.253 e. The number of para-hydroxylation sites is 1. The van der Waals surface area contributed by atoms with Gasteiger partial charge in [-0.05, 0) is 25.0 Å². The Morgan fingerprint density at radius 1 is 1.25 bits per heavy atom. The normalized spacial score (nSPS) is 15.0. The predicted octanol–water partition coefficient (Wildman–Crippen LogP) is 0.899. The Morgan fingerprint density at radius 2 is 2.00 bits per heavy atom. The van der Waals surface area contributed by atoms with Crippen LogP contribution in [0.25, 0.3) is 0 Å². The number of ether oxygens (including phenoxy) is 2. The fourth-order valence-corrected chi connectivity index (χ4v) is 2.44. The molecule has 2 rings (SSSR count). The van der Waals surface area contributed by atoms with E-state index in [1.807, 2.05) is 0 Å². The van der Waals surface area contributed by atoms with Crippen LogP contribution in [0.4, 0.5) is 5.69 Å². The molecule has 1 aliphatic heterocycles. The molecule has 132 valence electrons. The molecular formula is C17H25N3O4. The molecule has 0 aliphatic carbocycles. The van der Waals surface area contributed by atoms with E-state index in [9.17, 15) is 9.59 Å². The summed E-state index contributed by atoms with van der Waals surface area (Å²) in [5.41, 5.74) is 6.29. The van der Waals surface area contributed by atoms with E-state index in [2.05, 4.69) is 10.6 Å². The number of carbonyl (C=O) groups excluding carboxylic acids is 2. The summed E-state index contributed by atoms with van der Waals surface area (Å²) in [4.78, 5) is 24.1. The number of hydrogen-bond donors (Lipinski definition) is 3. The van der Waals surface area contributed by atoms with Crippen molar-refractivity contribution in [1.29, 1.82) is 0 Å². The molecule has 1 saturated heterocycles. The summed E-state index contributed by atoms with van der Waals surface area (Å²) < 4.78 is 11.0. The highest BCUT2D eigenvalue weighted by atomic mass is 16.5. The molecule has 2 amide bonds. The van der Waals surface area contributed by atoms with Crippen LogP contribution in [0.2, 0.25) is 0 Å². The second-order valence-corrected chi connectivity index (χ2v) is 5.57. The summed E-state index contributed by atoms with van der Waals surface area (Å²) in [5.74, 6) is -0.434. The monoisotopic (exact) mass is 335 g/mol. The molecular weight excluding hydrogens is 310 g/mol. The molecule has 1 aromatic rings. The first kappa shape index (κ1) is 18.4. The summed E-state index contributed by atoms with van der Waals surface area (Å²) in [6.45, 7) is 2.53. The summed E-state index contributed by atoms with van der Waals surface area (Å²) in [6.07, 6.45) is 2.15. The third-order valence-corrected chi connectivity index (χ3v) is 3.73. The minimum Gasteiger partial charge on any atom is -0.381 e. The number of carbonyl (C=O) groups is 2. The van der Waals surface area contributed by atoms with E-state index in [1.54, 1.807) is 24.3 Å². The van der Waals surface area contributed by atoms with Gasteiger partial charge in [0.15, 0.2) is 0 Å². The lowest BCUT2D eigenvalue weighted by Crippen LogP contribution is -2.30. The van der Waals surface area contributed by atoms with Crippen molar-refractivity contribution in [2.75, 3.05) is 38.2 Å². The molecule has 0 aromatic heterocycles. The first-order valence-electron chi connectivity index (χ1n) is 8.27. The van der Waals surface area contributed by atoms with E-state index in [1.165, 1.54) is 0 Å². The number of amides is 2. The van der Waals surface area contributed by atoms with Crippen molar-refractivity contribution >= 4 is 17.5 Å². The van der Waals surface area contributed by atoms with Gasteiger partial charge in [-0.15, -0.1) is 0 Å². The van der Waals surface area contributed by atoms with Gasteiger partial charge in [-0.25, -0.2) is 0 Å². The molecule has 7 nitrogen and oxygen atoms in total. The van der Waals surface area contributed by atoms with E-state index >= 15 is 0 Å². The van der Waals surface area contributed by atoms with E-state index < -0.39 is 0 Å². The predicted molar refractivity (Wildman–Crippen MR) is 90.9 cm³/mol. The Hall–Kier alpha value is -1.96. The maximum atomic E-state index is 12.1. The van der Waals surface area contributed by atoms with Crippen LogP contribution in [-0.4, -0.2) is 50.8 Å². The van der Waals surface area contributed by atoms with Crippen LogP contribution >= 0.6 is 0 Å². The molecule has 0 unspecified atom stereocenters. The summed E-state index contributed by atoms with van der Waals surface area (Å²) in [6, 6.07) is 6.89. The molecule has 0 atom stereocenters. The lowest BCUT2D eigenvalue weighted by Gasteiger charge is -2.22. The van der Waals surface area contributed by atoms with Gasteiger partial charge in [-0.2, -0.15) is 0 Å². The lowest BCUT2D eigenvalue weighted by molar-refractivity contribution is -0.118. The molecule has 1 heterocycles. The van der Waals surface area contributed by atoms with Gasteiger partial charge in [0.2, 0.25) is 5.91 Å². The summed E-state index contributed by atoms with van der Waals surface area (Å²) in [5, 5.41) is 5.47. The first-order valence-corrected chi connectivity index (χ1v) is 8.27. The van der Waals surface area contributed by atoms with E-state index in [-0.39, 0.29) is 24.3 Å². The van der Waals surface area contributed by atoms with Gasteiger partial charge in [-0.3, -0.25) is 9.59 Å². The molecule has 7 heteroatoms. The Morgan fingerprint density at radius 3 is 2.75 bits per heavy atom. The fraction of sp³-hybridized carbons (Fsp3) is 0.529. The van der Waals surface area contributed by atoms with Crippen LogP contribution in [-0.2, 0) is 14.3 Å². The van der Waals surface area contributed by atoms with Crippen LogP contribution in [0, 0.1) is 0 Å². The summed E-state index contributed by atoms with van der Waals surface area (Å²) >= 11 is 0. The minimum absolute atomic E-state index is 0.167. The highest BCUT2D eigenvalue weighted by molar-refractivity contribution is 6.03. The van der Waals surface area contributed by atoms with E-state index in [4.69, 9.17) is 15.2 Å². The molecule has 0 saturated carbocycles. The van der Waals surface area contributed by atoms with Crippen LogP contribution in [0.3, 0.4) is 0 Å². The second-order valence-electron chi connectivity index (χ2n) is 5.57. The van der Waals surface area contributed by atoms with Gasteiger partial charge >= 0.3 is 0 Å². The van der Waals surface area contributed by atoms with Crippen molar-refractivity contribution in [2.45, 2.75) is 25.4 Å². The van der Waals surface area contributed by atoms with Gasteiger partial charge in [0.05, 0.1) is 30.4 Å². The van der Waals surface area contributed by atoms with Crippen molar-refractivity contribution < 1.29 is 19.1 Å². The smallest absolute Gasteiger partial charge is 0.253 e. The Balaban J connectivity index is 1.81. The van der Waals surface area contributed by atoms with Crippen LogP contribution in [0.5, 0.6) is 0 Å². The Kier molecular flexibility index (Phi) is 7.67. The summed E-state index contributed by atoms with van der Waals surface area (Å²) in [7, 11) is 0. The lowest BCUT2D eigenvalue weighted by atomic mass is 10.1. The second kappa shape index (κ2) is 10.0. The topological polar surface area (TPSA) is 103 Å². The van der Waals surface area contributed by atoms with Crippen molar-refractivity contribution in [2.24, 2.45) is 5.73 Å². The highest BCUT2D eigenvalue weighted by Crippen LogP contribution is 2.15. The van der Waals surface area contributed by atoms with Gasteiger partial charge < -0.3 is 25.8 Å². The van der Waals surface area contributed by atoms with Crippen LogP contribution in [0.1, 0.15) is 29.6 Å². The molecule has 0 radical (unpaired) electrons. The third-order valence-electron chi connectivity index (χ3n) is 3.73. The zero-order chi connectivity index (χ0) is 17.2.